The molecular weight excluding hydrogens is 622 g/mol. The van der Waals surface area contributed by atoms with Crippen molar-refractivity contribution in [2.75, 3.05) is 25.1 Å². The number of rotatable bonds is 12. The lowest BCUT2D eigenvalue weighted by atomic mass is 10.1. The minimum Gasteiger partial charge on any atom is -0.493 e. The Bertz CT molecular complexity index is 1510. The summed E-state index contributed by atoms with van der Waals surface area (Å²) < 4.78 is 41.0. The Morgan fingerprint density at radius 2 is 1.48 bits per heavy atom. The Morgan fingerprint density at radius 3 is 2.02 bits per heavy atom. The number of nitrogens with zero attached hydrogens (tertiary/aromatic N) is 2. The van der Waals surface area contributed by atoms with Gasteiger partial charge in [0, 0.05) is 23.1 Å². The van der Waals surface area contributed by atoms with Gasteiger partial charge in [-0.25, -0.2) is 8.42 Å². The molecule has 11 heteroatoms. The van der Waals surface area contributed by atoms with Crippen LogP contribution in [-0.2, 0) is 26.2 Å². The van der Waals surface area contributed by atoms with E-state index in [-0.39, 0.29) is 29.1 Å². The molecule has 3 rings (SSSR count). The van der Waals surface area contributed by atoms with Gasteiger partial charge >= 0.3 is 0 Å². The maximum atomic E-state index is 14.2. The first kappa shape index (κ1) is 32.9. The Hall–Kier alpha value is -3.57. The topological polar surface area (TPSA) is 105 Å². The summed E-state index contributed by atoms with van der Waals surface area (Å²) in [5.41, 5.74) is 2.79. The molecule has 0 spiro atoms. The second-order valence-corrected chi connectivity index (χ2v) is 13.1. The molecule has 0 bridgehead atoms. The van der Waals surface area contributed by atoms with Crippen LogP contribution in [0.4, 0.5) is 5.69 Å². The molecule has 226 valence electrons. The number of anilines is 1. The Kier molecular flexibility index (Phi) is 11.0. The normalized spacial score (nSPS) is 12.0. The van der Waals surface area contributed by atoms with Crippen LogP contribution in [-0.4, -0.2) is 58.0 Å². The second kappa shape index (κ2) is 14.1. The molecule has 1 atom stereocenters. The number of aryl methyl sites for hydroxylation is 2. The van der Waals surface area contributed by atoms with Gasteiger partial charge in [0.2, 0.25) is 11.8 Å². The van der Waals surface area contributed by atoms with E-state index < -0.39 is 28.5 Å². The quantitative estimate of drug-likeness (QED) is 0.286. The van der Waals surface area contributed by atoms with Crippen LogP contribution in [0, 0.1) is 13.8 Å². The largest absolute Gasteiger partial charge is 0.493 e. The molecule has 0 fully saturated rings. The monoisotopic (exact) mass is 659 g/mol. The van der Waals surface area contributed by atoms with Gasteiger partial charge < -0.3 is 19.7 Å². The van der Waals surface area contributed by atoms with E-state index >= 15 is 0 Å². The van der Waals surface area contributed by atoms with E-state index in [2.05, 4.69) is 21.2 Å². The predicted molar refractivity (Wildman–Crippen MR) is 167 cm³/mol. The molecule has 0 heterocycles. The molecule has 1 N–H and O–H groups in total. The number of carbonyl (C=O) groups excluding carboxylic acids is 2. The highest BCUT2D eigenvalue weighted by atomic mass is 79.9. The number of carbonyl (C=O) groups is 2. The molecule has 0 saturated carbocycles. The molecule has 3 aromatic rings. The summed E-state index contributed by atoms with van der Waals surface area (Å²) in [5.74, 6) is -0.263. The number of amides is 2. The number of halogens is 1. The lowest BCUT2D eigenvalue weighted by Gasteiger charge is -2.32. The van der Waals surface area contributed by atoms with Crippen molar-refractivity contribution in [3.63, 3.8) is 0 Å². The van der Waals surface area contributed by atoms with Crippen molar-refractivity contribution in [2.24, 2.45) is 0 Å². The van der Waals surface area contributed by atoms with E-state index in [0.29, 0.717) is 11.4 Å². The highest BCUT2D eigenvalue weighted by Gasteiger charge is 2.33. The maximum Gasteiger partial charge on any atom is 0.264 e. The fraction of sp³-hybridized carbons (Fsp3) is 0.355. The third kappa shape index (κ3) is 8.04. The van der Waals surface area contributed by atoms with E-state index in [1.807, 2.05) is 58.0 Å². The van der Waals surface area contributed by atoms with Gasteiger partial charge in [-0.15, -0.1) is 0 Å². The van der Waals surface area contributed by atoms with Crippen molar-refractivity contribution >= 4 is 43.5 Å². The highest BCUT2D eigenvalue weighted by Crippen LogP contribution is 2.33. The van der Waals surface area contributed by atoms with Crippen LogP contribution >= 0.6 is 15.9 Å². The summed E-state index contributed by atoms with van der Waals surface area (Å²) in [5, 5.41) is 2.85. The summed E-state index contributed by atoms with van der Waals surface area (Å²) in [4.78, 5) is 28.5. The van der Waals surface area contributed by atoms with Crippen molar-refractivity contribution in [1.29, 1.82) is 0 Å². The van der Waals surface area contributed by atoms with E-state index in [0.717, 1.165) is 25.5 Å². The molecule has 9 nitrogen and oxygen atoms in total. The minimum absolute atomic E-state index is 0.0721. The molecule has 42 heavy (non-hydrogen) atoms. The van der Waals surface area contributed by atoms with Crippen molar-refractivity contribution in [1.82, 2.24) is 10.2 Å². The molecule has 0 aliphatic heterocycles. The molecule has 0 aliphatic rings. The number of ether oxygens (including phenoxy) is 2. The molecule has 0 aliphatic carbocycles. The fourth-order valence-electron chi connectivity index (χ4n) is 4.50. The van der Waals surface area contributed by atoms with Gasteiger partial charge in [-0.2, -0.15) is 0 Å². The van der Waals surface area contributed by atoms with Gasteiger partial charge in [0.25, 0.3) is 10.0 Å². The lowest BCUT2D eigenvalue weighted by molar-refractivity contribution is -0.139. The SMILES string of the molecule is COc1ccc(S(=O)(=O)N(CC(=O)N(Cc2ccc(Br)cc2)[C@H](C)C(=O)NC(C)C)c2cc(C)cc(C)c2)cc1OC. The summed E-state index contributed by atoms with van der Waals surface area (Å²) in [6.07, 6.45) is 0. The van der Waals surface area contributed by atoms with E-state index in [4.69, 9.17) is 9.47 Å². The predicted octanol–water partition coefficient (Wildman–Crippen LogP) is 5.22. The van der Waals surface area contributed by atoms with Gasteiger partial charge in [0.05, 0.1) is 24.8 Å². The molecular formula is C31H38BrN3O6S. The lowest BCUT2D eigenvalue weighted by Crippen LogP contribution is -2.52. The minimum atomic E-state index is -4.27. The number of benzene rings is 3. The number of methoxy groups -OCH3 is 2. The van der Waals surface area contributed by atoms with Gasteiger partial charge in [-0.3, -0.25) is 13.9 Å². The zero-order valence-corrected chi connectivity index (χ0v) is 27.4. The van der Waals surface area contributed by atoms with Gasteiger partial charge in [-0.1, -0.05) is 34.1 Å². The van der Waals surface area contributed by atoms with E-state index in [1.165, 1.54) is 37.3 Å². The fourth-order valence-corrected chi connectivity index (χ4v) is 6.18. The Morgan fingerprint density at radius 1 is 0.881 bits per heavy atom. The van der Waals surface area contributed by atoms with Crippen LogP contribution in [0.1, 0.15) is 37.5 Å². The first-order chi connectivity index (χ1) is 19.8. The molecule has 3 aromatic carbocycles. The van der Waals surface area contributed by atoms with Crippen LogP contribution in [0.25, 0.3) is 0 Å². The molecule has 0 saturated heterocycles. The molecule has 2 amide bonds. The third-order valence-electron chi connectivity index (χ3n) is 6.58. The number of hydrogen-bond acceptors (Lipinski definition) is 6. The van der Waals surface area contributed by atoms with Gasteiger partial charge in [0.15, 0.2) is 11.5 Å². The highest BCUT2D eigenvalue weighted by molar-refractivity contribution is 9.10. The zero-order valence-electron chi connectivity index (χ0n) is 25.0. The molecule has 0 radical (unpaired) electrons. The van der Waals surface area contributed by atoms with Crippen molar-refractivity contribution in [2.45, 2.75) is 58.1 Å². The average molecular weight is 661 g/mol. The smallest absolute Gasteiger partial charge is 0.264 e. The maximum absolute atomic E-state index is 14.2. The Labute approximate surface area is 257 Å². The third-order valence-corrected chi connectivity index (χ3v) is 8.88. The van der Waals surface area contributed by atoms with E-state index in [1.54, 1.807) is 19.1 Å². The van der Waals surface area contributed by atoms with Crippen molar-refractivity contribution < 1.29 is 27.5 Å². The van der Waals surface area contributed by atoms with Gasteiger partial charge in [0.1, 0.15) is 12.6 Å². The summed E-state index contributed by atoms with van der Waals surface area (Å²) in [6, 6.07) is 16.0. The van der Waals surface area contributed by atoms with Crippen LogP contribution in [0.3, 0.4) is 0 Å². The van der Waals surface area contributed by atoms with Crippen molar-refractivity contribution in [3.8, 4) is 11.5 Å². The number of hydrogen-bond donors (Lipinski definition) is 1. The molecule has 0 aromatic heterocycles. The number of nitrogens with one attached hydrogen (secondary N) is 1. The van der Waals surface area contributed by atoms with Crippen LogP contribution < -0.4 is 19.1 Å². The standard InChI is InChI=1S/C31H38BrN3O6S/c1-20(2)33-31(37)23(5)34(18-24-8-10-25(32)11-9-24)30(36)19-35(26-15-21(3)14-22(4)16-26)42(38,39)27-12-13-28(40-6)29(17-27)41-7/h8-17,20,23H,18-19H2,1-7H3,(H,33,37)/t23-/m1/s1. The second-order valence-electron chi connectivity index (χ2n) is 10.4. The summed E-state index contributed by atoms with van der Waals surface area (Å²) in [7, 11) is -1.39. The number of sulfonamides is 1. The Balaban J connectivity index is 2.10. The first-order valence-electron chi connectivity index (χ1n) is 13.4. The molecule has 0 unspecified atom stereocenters. The zero-order chi connectivity index (χ0) is 31.2. The van der Waals surface area contributed by atoms with Crippen molar-refractivity contribution in [3.05, 3.63) is 81.8 Å². The average Bonchev–Trinajstić information content (AvgIpc) is 2.93. The first-order valence-corrected chi connectivity index (χ1v) is 15.7. The van der Waals surface area contributed by atoms with Crippen LogP contribution in [0.5, 0.6) is 11.5 Å². The van der Waals surface area contributed by atoms with E-state index in [9.17, 15) is 18.0 Å². The van der Waals surface area contributed by atoms with Gasteiger partial charge in [-0.05, 0) is 87.7 Å². The summed E-state index contributed by atoms with van der Waals surface area (Å²) >= 11 is 3.42. The van der Waals surface area contributed by atoms with Crippen LogP contribution in [0.15, 0.2) is 70.0 Å². The van der Waals surface area contributed by atoms with Crippen LogP contribution in [0.2, 0.25) is 0 Å². The summed E-state index contributed by atoms with van der Waals surface area (Å²) in [6.45, 7) is 8.60.